The summed E-state index contributed by atoms with van der Waals surface area (Å²) in [5, 5.41) is -2.96. The minimum Gasteiger partial charge on any atom is -0.0672 e. The minimum atomic E-state index is -1.48. The van der Waals surface area contributed by atoms with Gasteiger partial charge in [0.2, 0.25) is 0 Å². The molecule has 0 aliphatic heterocycles. The average Bonchev–Trinajstić information content (AvgIpc) is 1.61. The van der Waals surface area contributed by atoms with E-state index in [-0.39, 0.29) is 12.4 Å². The van der Waals surface area contributed by atoms with Crippen LogP contribution in [-0.2, 0) is 0 Å². The Morgan fingerprint density at radius 1 is 0.750 bits per heavy atom. The quantitative estimate of drug-likeness (QED) is 0.413. The van der Waals surface area contributed by atoms with Gasteiger partial charge in [-0.1, -0.05) is 17.9 Å². The van der Waals surface area contributed by atoms with Crippen LogP contribution in [0.15, 0.2) is 12.4 Å². The van der Waals surface area contributed by atoms with Crippen LogP contribution in [0.1, 0.15) is 0 Å². The van der Waals surface area contributed by atoms with Gasteiger partial charge in [-0.2, -0.15) is 0 Å². The SMILES string of the molecule is FN(F)C=CN(F)F. The first-order valence-electron chi connectivity index (χ1n) is 1.53. The van der Waals surface area contributed by atoms with E-state index in [1.54, 1.807) is 0 Å². The van der Waals surface area contributed by atoms with Crippen molar-refractivity contribution in [3.8, 4) is 0 Å². The largest absolute Gasteiger partial charge is 0.0907 e. The fourth-order valence-electron chi connectivity index (χ4n) is 0.101. The van der Waals surface area contributed by atoms with E-state index in [1.165, 1.54) is 0 Å². The van der Waals surface area contributed by atoms with Gasteiger partial charge in [-0.15, -0.1) is 0 Å². The van der Waals surface area contributed by atoms with E-state index in [4.69, 9.17) is 0 Å². The van der Waals surface area contributed by atoms with Crippen molar-refractivity contribution in [2.24, 2.45) is 0 Å². The third kappa shape index (κ3) is 5.06. The molecule has 0 aromatic rings. The van der Waals surface area contributed by atoms with Gasteiger partial charge >= 0.3 is 0 Å². The third-order valence-corrected chi connectivity index (χ3v) is 0.292. The third-order valence-electron chi connectivity index (χ3n) is 0.292. The molecule has 0 aliphatic rings. The zero-order valence-corrected chi connectivity index (χ0v) is 3.56. The van der Waals surface area contributed by atoms with Crippen molar-refractivity contribution >= 4 is 0 Å². The average molecular weight is 130 g/mol. The summed E-state index contributed by atoms with van der Waals surface area (Å²) >= 11 is 0. The molecule has 0 fully saturated rings. The number of nitrogens with zero attached hydrogens (tertiary/aromatic N) is 2. The lowest BCUT2D eigenvalue weighted by atomic mass is 10.9. The Balaban J connectivity index is 3.34. The Bertz CT molecular complexity index is 70.1. The summed E-state index contributed by atoms with van der Waals surface area (Å²) in [5.41, 5.74) is 0. The van der Waals surface area contributed by atoms with Crippen LogP contribution in [0, 0.1) is 0 Å². The molecule has 0 rings (SSSR count). The smallest absolute Gasteiger partial charge is 0.0672 e. The highest BCUT2D eigenvalue weighted by atomic mass is 19.4. The van der Waals surface area contributed by atoms with E-state index >= 15 is 0 Å². The maximum absolute atomic E-state index is 10.8. The lowest BCUT2D eigenvalue weighted by molar-refractivity contribution is -0.124. The fraction of sp³-hybridized carbons (Fsp3) is 0. The van der Waals surface area contributed by atoms with Crippen molar-refractivity contribution in [2.45, 2.75) is 0 Å². The van der Waals surface area contributed by atoms with Crippen LogP contribution < -0.4 is 0 Å². The summed E-state index contributed by atoms with van der Waals surface area (Å²) in [4.78, 5) is 0. The topological polar surface area (TPSA) is 6.48 Å². The van der Waals surface area contributed by atoms with Crippen molar-refractivity contribution in [3.05, 3.63) is 12.4 Å². The number of rotatable bonds is 2. The maximum atomic E-state index is 10.8. The number of hydrogen-bond acceptors (Lipinski definition) is 2. The number of halogens is 4. The van der Waals surface area contributed by atoms with Gasteiger partial charge in [0.1, 0.15) is 0 Å². The standard InChI is InChI=1S/C2H2F4N2/c3-7(4)1-2-8(5)6/h1-2H. The summed E-state index contributed by atoms with van der Waals surface area (Å²) < 4.78 is 43.1. The Morgan fingerprint density at radius 3 is 1.12 bits per heavy atom. The first-order valence-corrected chi connectivity index (χ1v) is 1.53. The Hall–Kier alpha value is -0.940. The van der Waals surface area contributed by atoms with Gasteiger partial charge in [0, 0.05) is 0 Å². The highest BCUT2D eigenvalue weighted by Crippen LogP contribution is 1.94. The molecule has 0 unspecified atom stereocenters. The van der Waals surface area contributed by atoms with E-state index in [2.05, 4.69) is 0 Å². The summed E-state index contributed by atoms with van der Waals surface area (Å²) in [6.07, 6.45) is -0.167. The molecule has 2 nitrogen and oxygen atoms in total. The van der Waals surface area contributed by atoms with Crippen molar-refractivity contribution in [1.29, 1.82) is 0 Å². The van der Waals surface area contributed by atoms with Crippen LogP contribution in [-0.4, -0.2) is 10.7 Å². The summed E-state index contributed by atoms with van der Waals surface area (Å²) in [5.74, 6) is 0. The molecule has 0 aromatic heterocycles. The summed E-state index contributed by atoms with van der Waals surface area (Å²) in [6.45, 7) is 0. The second kappa shape index (κ2) is 3.11. The second-order valence-electron chi connectivity index (χ2n) is 0.816. The fourth-order valence-corrected chi connectivity index (χ4v) is 0.101. The zero-order valence-electron chi connectivity index (χ0n) is 3.56. The zero-order chi connectivity index (χ0) is 6.57. The molecule has 0 heterocycles. The Kier molecular flexibility index (Phi) is 2.75. The van der Waals surface area contributed by atoms with Crippen LogP contribution in [0.25, 0.3) is 0 Å². The lowest BCUT2D eigenvalue weighted by Crippen LogP contribution is -1.91. The van der Waals surface area contributed by atoms with Crippen LogP contribution in [0.2, 0.25) is 0 Å². The Morgan fingerprint density at radius 2 is 1.00 bits per heavy atom. The highest BCUT2D eigenvalue weighted by molar-refractivity contribution is 4.66. The van der Waals surface area contributed by atoms with Crippen molar-refractivity contribution in [2.75, 3.05) is 0 Å². The van der Waals surface area contributed by atoms with Crippen LogP contribution in [0.5, 0.6) is 0 Å². The molecule has 0 bridgehead atoms. The molecule has 0 aromatic carbocycles. The van der Waals surface area contributed by atoms with E-state index in [0.29, 0.717) is 0 Å². The van der Waals surface area contributed by atoms with E-state index in [0.717, 1.165) is 0 Å². The molecule has 0 saturated carbocycles. The second-order valence-corrected chi connectivity index (χ2v) is 0.816. The van der Waals surface area contributed by atoms with Crippen molar-refractivity contribution in [1.82, 2.24) is 10.7 Å². The highest BCUT2D eigenvalue weighted by Gasteiger charge is 1.90. The Labute approximate surface area is 42.3 Å². The first kappa shape index (κ1) is 7.06. The summed E-state index contributed by atoms with van der Waals surface area (Å²) in [6, 6.07) is 0. The predicted octanol–water partition coefficient (Wildman–Crippen LogP) is 1.60. The van der Waals surface area contributed by atoms with Gasteiger partial charge in [0.05, 0.1) is 12.4 Å². The monoisotopic (exact) mass is 130 g/mol. The molecule has 0 spiro atoms. The van der Waals surface area contributed by atoms with Crippen molar-refractivity contribution < 1.29 is 17.9 Å². The maximum Gasteiger partial charge on any atom is 0.0907 e. The molecule has 0 radical (unpaired) electrons. The van der Waals surface area contributed by atoms with Crippen LogP contribution in [0.4, 0.5) is 17.9 Å². The van der Waals surface area contributed by atoms with Gasteiger partial charge in [0.15, 0.2) is 0 Å². The molecule has 48 valence electrons. The van der Waals surface area contributed by atoms with Gasteiger partial charge in [-0.05, 0) is 10.7 Å². The molecule has 0 atom stereocenters. The number of hydrogen-bond donors (Lipinski definition) is 0. The first-order chi connectivity index (χ1) is 3.63. The van der Waals surface area contributed by atoms with E-state index in [1.807, 2.05) is 0 Å². The van der Waals surface area contributed by atoms with E-state index in [9.17, 15) is 17.9 Å². The predicted molar refractivity (Wildman–Crippen MR) is 17.2 cm³/mol. The minimum absolute atomic E-state index is 0.0833. The lowest BCUT2D eigenvalue weighted by Gasteiger charge is -1.91. The molecule has 0 N–H and O–H groups in total. The molecule has 0 amide bonds. The molecule has 0 aliphatic carbocycles. The van der Waals surface area contributed by atoms with Gasteiger partial charge < -0.3 is 0 Å². The van der Waals surface area contributed by atoms with Gasteiger partial charge in [-0.25, -0.2) is 0 Å². The van der Waals surface area contributed by atoms with Crippen LogP contribution >= 0.6 is 0 Å². The molecule has 0 saturated heterocycles. The normalized spacial score (nSPS) is 10.0. The van der Waals surface area contributed by atoms with E-state index < -0.39 is 10.7 Å². The van der Waals surface area contributed by atoms with Crippen molar-refractivity contribution in [3.63, 3.8) is 0 Å². The van der Waals surface area contributed by atoms with Gasteiger partial charge in [0.25, 0.3) is 0 Å². The molecule has 6 heteroatoms. The van der Waals surface area contributed by atoms with Crippen LogP contribution in [0.3, 0.4) is 0 Å². The molecule has 8 heavy (non-hydrogen) atoms. The van der Waals surface area contributed by atoms with Gasteiger partial charge in [-0.3, -0.25) is 0 Å². The molecular formula is C2H2F4N2. The molecular weight excluding hydrogens is 128 g/mol. The summed E-state index contributed by atoms with van der Waals surface area (Å²) in [7, 11) is 0.